The maximum atomic E-state index is 11.8. The van der Waals surface area contributed by atoms with E-state index in [0.29, 0.717) is 6.54 Å². The van der Waals surface area contributed by atoms with E-state index in [1.54, 1.807) is 0 Å². The van der Waals surface area contributed by atoms with Gasteiger partial charge in [0.05, 0.1) is 0 Å². The quantitative estimate of drug-likeness (QED) is 0.832. The fraction of sp³-hybridized carbons (Fsp3) is 0.611. The highest BCUT2D eigenvalue weighted by Crippen LogP contribution is 2.24. The third-order valence-electron chi connectivity index (χ3n) is 4.05. The molecule has 0 atom stereocenters. The topological polar surface area (TPSA) is 53.6 Å². The molecule has 1 heterocycles. The van der Waals surface area contributed by atoms with Crippen LogP contribution < -0.4 is 15.4 Å². The number of carbonyl (C=O) groups is 1. The maximum Gasteiger partial charge on any atom is 0.257 e. The number of hydrogen-bond acceptors (Lipinski definition) is 4. The molecular weight excluding hydrogens is 290 g/mol. The van der Waals surface area contributed by atoms with E-state index >= 15 is 0 Å². The Morgan fingerprint density at radius 2 is 1.87 bits per heavy atom. The second-order valence-electron chi connectivity index (χ2n) is 7.00. The summed E-state index contributed by atoms with van der Waals surface area (Å²) in [7, 11) is 0. The first-order chi connectivity index (χ1) is 10.9. The molecule has 0 saturated carbocycles. The summed E-state index contributed by atoms with van der Waals surface area (Å²) < 4.78 is 5.54. The Hall–Kier alpha value is -1.59. The lowest BCUT2D eigenvalue weighted by Gasteiger charge is -2.27. The number of nitrogens with one attached hydrogen (secondary N) is 2. The molecule has 0 aromatic heterocycles. The normalized spacial score (nSPS) is 16.1. The van der Waals surface area contributed by atoms with Gasteiger partial charge in [-0.1, -0.05) is 32.9 Å². The van der Waals surface area contributed by atoms with Crippen molar-refractivity contribution in [2.75, 3.05) is 45.9 Å². The molecule has 0 radical (unpaired) electrons. The van der Waals surface area contributed by atoms with Crippen molar-refractivity contribution in [2.24, 2.45) is 0 Å². The van der Waals surface area contributed by atoms with Gasteiger partial charge in [0, 0.05) is 39.3 Å². The van der Waals surface area contributed by atoms with Crippen LogP contribution in [0.25, 0.3) is 0 Å². The molecule has 0 bridgehead atoms. The number of nitrogens with zero attached hydrogens (tertiary/aromatic N) is 1. The van der Waals surface area contributed by atoms with Gasteiger partial charge in [0.25, 0.3) is 5.91 Å². The zero-order valence-corrected chi connectivity index (χ0v) is 14.5. The smallest absolute Gasteiger partial charge is 0.257 e. The van der Waals surface area contributed by atoms with E-state index in [4.69, 9.17) is 4.74 Å². The lowest BCUT2D eigenvalue weighted by atomic mass is 9.87. The van der Waals surface area contributed by atoms with Crippen molar-refractivity contribution in [3.63, 3.8) is 0 Å². The molecule has 5 nitrogen and oxygen atoms in total. The predicted molar refractivity (Wildman–Crippen MR) is 93.0 cm³/mol. The highest BCUT2D eigenvalue weighted by Gasteiger charge is 2.13. The Morgan fingerprint density at radius 1 is 1.22 bits per heavy atom. The summed E-state index contributed by atoms with van der Waals surface area (Å²) in [5.74, 6) is 0.662. The highest BCUT2D eigenvalue weighted by atomic mass is 16.5. The maximum absolute atomic E-state index is 11.8. The SMILES string of the molecule is CC(C)(C)c1ccc(OCC(=O)NCCN2CCNCC2)cc1. The summed E-state index contributed by atoms with van der Waals surface area (Å²) in [4.78, 5) is 14.2. The Labute approximate surface area is 139 Å². The van der Waals surface area contributed by atoms with E-state index in [2.05, 4.69) is 48.4 Å². The third-order valence-corrected chi connectivity index (χ3v) is 4.05. The van der Waals surface area contributed by atoms with Crippen LogP contribution in [0.15, 0.2) is 24.3 Å². The Balaban J connectivity index is 1.65. The van der Waals surface area contributed by atoms with Crippen LogP contribution in [-0.2, 0) is 10.2 Å². The molecule has 2 rings (SSSR count). The number of rotatable bonds is 6. The van der Waals surface area contributed by atoms with Gasteiger partial charge in [-0.15, -0.1) is 0 Å². The van der Waals surface area contributed by atoms with E-state index in [9.17, 15) is 4.79 Å². The van der Waals surface area contributed by atoms with Crippen LogP contribution in [0.4, 0.5) is 0 Å². The zero-order valence-electron chi connectivity index (χ0n) is 14.5. The molecule has 1 fully saturated rings. The number of amides is 1. The summed E-state index contributed by atoms with van der Waals surface area (Å²) in [6, 6.07) is 7.96. The van der Waals surface area contributed by atoms with Crippen LogP contribution in [0.1, 0.15) is 26.3 Å². The number of hydrogen-bond donors (Lipinski definition) is 2. The van der Waals surface area contributed by atoms with Crippen molar-refractivity contribution in [1.29, 1.82) is 0 Å². The van der Waals surface area contributed by atoms with Gasteiger partial charge in [-0.2, -0.15) is 0 Å². The van der Waals surface area contributed by atoms with Crippen LogP contribution >= 0.6 is 0 Å². The molecule has 0 aliphatic carbocycles. The molecule has 1 aromatic rings. The van der Waals surface area contributed by atoms with Crippen LogP contribution in [0.5, 0.6) is 5.75 Å². The van der Waals surface area contributed by atoms with Crippen molar-refractivity contribution >= 4 is 5.91 Å². The molecule has 1 amide bonds. The minimum atomic E-state index is -0.0694. The first-order valence-corrected chi connectivity index (χ1v) is 8.38. The summed E-state index contributed by atoms with van der Waals surface area (Å²) in [6.07, 6.45) is 0. The highest BCUT2D eigenvalue weighted by molar-refractivity contribution is 5.77. The first-order valence-electron chi connectivity index (χ1n) is 8.38. The largest absolute Gasteiger partial charge is 0.484 e. The molecule has 128 valence electrons. The van der Waals surface area contributed by atoms with Crippen LogP contribution in [-0.4, -0.2) is 56.7 Å². The Bertz CT molecular complexity index is 488. The Morgan fingerprint density at radius 3 is 2.48 bits per heavy atom. The number of carbonyl (C=O) groups excluding carboxylic acids is 1. The number of piperazine rings is 1. The van der Waals surface area contributed by atoms with Gasteiger partial charge in [-0.05, 0) is 23.1 Å². The average Bonchev–Trinajstić information content (AvgIpc) is 2.53. The molecule has 0 unspecified atom stereocenters. The Kier molecular flexibility index (Phi) is 6.42. The van der Waals surface area contributed by atoms with Gasteiger partial charge in [0.2, 0.25) is 0 Å². The van der Waals surface area contributed by atoms with Crippen molar-refractivity contribution in [3.05, 3.63) is 29.8 Å². The minimum absolute atomic E-state index is 0.0659. The molecule has 5 heteroatoms. The fourth-order valence-corrected chi connectivity index (χ4v) is 2.54. The minimum Gasteiger partial charge on any atom is -0.484 e. The van der Waals surface area contributed by atoms with Crippen molar-refractivity contribution in [2.45, 2.75) is 26.2 Å². The van der Waals surface area contributed by atoms with Crippen molar-refractivity contribution in [1.82, 2.24) is 15.5 Å². The monoisotopic (exact) mass is 319 g/mol. The molecule has 1 aromatic carbocycles. The molecule has 0 spiro atoms. The van der Waals surface area contributed by atoms with E-state index in [0.717, 1.165) is 38.5 Å². The number of benzene rings is 1. The molecular formula is C18H29N3O2. The second-order valence-corrected chi connectivity index (χ2v) is 7.00. The van der Waals surface area contributed by atoms with Gasteiger partial charge in [-0.3, -0.25) is 9.69 Å². The zero-order chi connectivity index (χ0) is 16.7. The van der Waals surface area contributed by atoms with E-state index < -0.39 is 0 Å². The van der Waals surface area contributed by atoms with Crippen molar-refractivity contribution < 1.29 is 9.53 Å². The predicted octanol–water partition coefficient (Wildman–Crippen LogP) is 1.38. The lowest BCUT2D eigenvalue weighted by Crippen LogP contribution is -2.46. The van der Waals surface area contributed by atoms with Gasteiger partial charge in [0.1, 0.15) is 5.75 Å². The van der Waals surface area contributed by atoms with Gasteiger partial charge in [0.15, 0.2) is 6.61 Å². The summed E-state index contributed by atoms with van der Waals surface area (Å²) in [6.45, 7) is 12.3. The average molecular weight is 319 g/mol. The summed E-state index contributed by atoms with van der Waals surface area (Å²) in [5.41, 5.74) is 1.38. The van der Waals surface area contributed by atoms with E-state index in [1.165, 1.54) is 5.56 Å². The van der Waals surface area contributed by atoms with E-state index in [-0.39, 0.29) is 17.9 Å². The van der Waals surface area contributed by atoms with Gasteiger partial charge < -0.3 is 15.4 Å². The van der Waals surface area contributed by atoms with Crippen LogP contribution in [0, 0.1) is 0 Å². The second kappa shape index (κ2) is 8.31. The standard InChI is InChI=1S/C18H29N3O2/c1-18(2,3)15-4-6-16(7-5-15)23-14-17(22)20-10-13-21-11-8-19-9-12-21/h4-7,19H,8-14H2,1-3H3,(H,20,22). The summed E-state index contributed by atoms with van der Waals surface area (Å²) in [5, 5.41) is 6.23. The van der Waals surface area contributed by atoms with Gasteiger partial charge >= 0.3 is 0 Å². The lowest BCUT2D eigenvalue weighted by molar-refractivity contribution is -0.123. The van der Waals surface area contributed by atoms with Crippen molar-refractivity contribution in [3.8, 4) is 5.75 Å². The summed E-state index contributed by atoms with van der Waals surface area (Å²) >= 11 is 0. The van der Waals surface area contributed by atoms with E-state index in [1.807, 2.05) is 12.1 Å². The molecule has 1 aliphatic rings. The van der Waals surface area contributed by atoms with Crippen LogP contribution in [0.3, 0.4) is 0 Å². The first kappa shape index (κ1) is 17.8. The van der Waals surface area contributed by atoms with Gasteiger partial charge in [-0.25, -0.2) is 0 Å². The van der Waals surface area contributed by atoms with Crippen LogP contribution in [0.2, 0.25) is 0 Å². The molecule has 2 N–H and O–H groups in total. The number of ether oxygens (including phenoxy) is 1. The molecule has 23 heavy (non-hydrogen) atoms. The fourth-order valence-electron chi connectivity index (χ4n) is 2.54. The third kappa shape index (κ3) is 6.20. The molecule has 1 aliphatic heterocycles. The molecule has 1 saturated heterocycles.